The Kier molecular flexibility index (Phi) is 5.49. The summed E-state index contributed by atoms with van der Waals surface area (Å²) in [5, 5.41) is 0. The van der Waals surface area contributed by atoms with Crippen molar-refractivity contribution >= 4 is 33.1 Å². The van der Waals surface area contributed by atoms with E-state index in [2.05, 4.69) is 15.9 Å². The van der Waals surface area contributed by atoms with Crippen LogP contribution >= 0.6 is 28.1 Å². The van der Waals surface area contributed by atoms with Gasteiger partial charge in [-0.25, -0.2) is 4.39 Å². The second-order valence-corrected chi connectivity index (χ2v) is 5.64. The minimum absolute atomic E-state index is 0.215. The minimum Gasteiger partial charge on any atom is -0.392 e. The van der Waals surface area contributed by atoms with Crippen LogP contribution in [-0.4, -0.2) is 22.5 Å². The second kappa shape index (κ2) is 6.42. The number of thiocarbonyl (C=S) groups is 1. The van der Waals surface area contributed by atoms with Gasteiger partial charge >= 0.3 is 0 Å². The maximum Gasteiger partial charge on any atom is 0.128 e. The van der Waals surface area contributed by atoms with Gasteiger partial charge in [0.25, 0.3) is 0 Å². The molecule has 0 spiro atoms. The summed E-state index contributed by atoms with van der Waals surface area (Å²) in [7, 11) is 0. The Bertz CT molecular complexity index is 409. The summed E-state index contributed by atoms with van der Waals surface area (Å²) in [6.07, 6.45) is 0. The van der Waals surface area contributed by atoms with Crippen LogP contribution in [0, 0.1) is 5.82 Å². The Balaban J connectivity index is 2.82. The maximum atomic E-state index is 13.7. The third kappa shape index (κ3) is 4.69. The number of hydrogen-bond acceptors (Lipinski definition) is 2. The molecule has 0 aliphatic carbocycles. The van der Waals surface area contributed by atoms with Crippen molar-refractivity contribution in [2.45, 2.75) is 26.4 Å². The highest BCUT2D eigenvalue weighted by molar-refractivity contribution is 9.10. The van der Waals surface area contributed by atoms with Gasteiger partial charge in [0, 0.05) is 29.2 Å². The average Bonchev–Trinajstić information content (AvgIpc) is 2.19. The van der Waals surface area contributed by atoms with Gasteiger partial charge in [0.05, 0.1) is 4.99 Å². The van der Waals surface area contributed by atoms with Crippen molar-refractivity contribution < 1.29 is 4.39 Å². The summed E-state index contributed by atoms with van der Waals surface area (Å²) in [6, 6.07) is 5.33. The Morgan fingerprint density at radius 3 is 2.65 bits per heavy atom. The number of hydrogen-bond donors (Lipinski definition) is 1. The van der Waals surface area contributed by atoms with Crippen molar-refractivity contribution in [3.63, 3.8) is 0 Å². The van der Waals surface area contributed by atoms with Crippen LogP contribution in [0.5, 0.6) is 0 Å². The highest BCUT2D eigenvalue weighted by Gasteiger charge is 2.13. The quantitative estimate of drug-likeness (QED) is 0.846. The Hall–Kier alpha value is -0.520. The van der Waals surface area contributed by atoms with Gasteiger partial charge in [0.15, 0.2) is 0 Å². The van der Waals surface area contributed by atoms with Gasteiger partial charge in [0.1, 0.15) is 5.82 Å². The van der Waals surface area contributed by atoms with Crippen LogP contribution in [0.1, 0.15) is 19.4 Å². The van der Waals surface area contributed by atoms with Gasteiger partial charge in [-0.1, -0.05) is 34.2 Å². The molecule has 1 rings (SSSR count). The fourth-order valence-electron chi connectivity index (χ4n) is 1.49. The van der Waals surface area contributed by atoms with E-state index < -0.39 is 0 Å². The number of nitrogens with two attached hydrogens (primary N) is 1. The molecule has 0 aliphatic heterocycles. The molecular weight excluding hydrogens is 303 g/mol. The molecule has 0 saturated carbocycles. The fourth-order valence-corrected chi connectivity index (χ4v) is 1.99. The summed E-state index contributed by atoms with van der Waals surface area (Å²) >= 11 is 8.13. The van der Waals surface area contributed by atoms with E-state index in [-0.39, 0.29) is 11.9 Å². The Morgan fingerprint density at radius 1 is 1.53 bits per heavy atom. The molecule has 94 valence electrons. The van der Waals surface area contributed by atoms with Crippen molar-refractivity contribution in [2.75, 3.05) is 6.54 Å². The van der Waals surface area contributed by atoms with Crippen LogP contribution in [0.4, 0.5) is 4.39 Å². The van der Waals surface area contributed by atoms with Gasteiger partial charge in [-0.15, -0.1) is 0 Å². The van der Waals surface area contributed by atoms with Crippen molar-refractivity contribution in [1.82, 2.24) is 4.90 Å². The van der Waals surface area contributed by atoms with E-state index in [4.69, 9.17) is 18.0 Å². The highest BCUT2D eigenvalue weighted by atomic mass is 79.9. The molecule has 0 aromatic heterocycles. The third-order valence-electron chi connectivity index (χ3n) is 2.48. The molecule has 0 atom stereocenters. The van der Waals surface area contributed by atoms with Crippen molar-refractivity contribution in [3.8, 4) is 0 Å². The van der Waals surface area contributed by atoms with E-state index in [1.54, 1.807) is 6.07 Å². The molecule has 2 nitrogen and oxygen atoms in total. The third-order valence-corrected chi connectivity index (χ3v) is 3.10. The zero-order valence-electron chi connectivity index (χ0n) is 9.91. The lowest BCUT2D eigenvalue weighted by Gasteiger charge is -2.26. The van der Waals surface area contributed by atoms with E-state index in [1.165, 1.54) is 6.07 Å². The Labute approximate surface area is 115 Å². The monoisotopic (exact) mass is 318 g/mol. The van der Waals surface area contributed by atoms with E-state index >= 15 is 0 Å². The lowest BCUT2D eigenvalue weighted by molar-refractivity contribution is 0.242. The molecule has 0 aliphatic rings. The number of benzene rings is 1. The van der Waals surface area contributed by atoms with Crippen molar-refractivity contribution in [2.24, 2.45) is 5.73 Å². The summed E-state index contributed by atoms with van der Waals surface area (Å²) in [4.78, 5) is 2.46. The number of nitrogens with zero attached hydrogens (tertiary/aromatic N) is 1. The van der Waals surface area contributed by atoms with Crippen molar-refractivity contribution in [3.05, 3.63) is 34.1 Å². The first-order valence-corrected chi connectivity index (χ1v) is 6.56. The zero-order chi connectivity index (χ0) is 13.0. The molecule has 2 N–H and O–H groups in total. The molecule has 1 aromatic carbocycles. The van der Waals surface area contributed by atoms with Crippen LogP contribution in [0.25, 0.3) is 0 Å². The number of rotatable bonds is 5. The standard InChI is InChI=1S/C12H16BrFN2S/c1-8(2)16(7-12(15)17)6-9-3-4-10(13)5-11(9)14/h3-5,8H,6-7H2,1-2H3,(H2,15,17). The lowest BCUT2D eigenvalue weighted by Crippen LogP contribution is -2.37. The maximum absolute atomic E-state index is 13.7. The highest BCUT2D eigenvalue weighted by Crippen LogP contribution is 2.17. The van der Waals surface area contributed by atoms with Crippen LogP contribution in [0.3, 0.4) is 0 Å². The minimum atomic E-state index is -0.215. The van der Waals surface area contributed by atoms with Crippen molar-refractivity contribution in [1.29, 1.82) is 0 Å². The summed E-state index contributed by atoms with van der Waals surface area (Å²) < 4.78 is 14.4. The molecule has 5 heteroatoms. The van der Waals surface area contributed by atoms with Crippen LogP contribution < -0.4 is 5.73 Å². The molecule has 1 aromatic rings. The van der Waals surface area contributed by atoms with Crippen LogP contribution in [-0.2, 0) is 6.54 Å². The van der Waals surface area contributed by atoms with Gasteiger partial charge < -0.3 is 5.73 Å². The molecule has 17 heavy (non-hydrogen) atoms. The first-order valence-electron chi connectivity index (χ1n) is 5.36. The lowest BCUT2D eigenvalue weighted by atomic mass is 10.1. The predicted molar refractivity (Wildman–Crippen MR) is 76.4 cm³/mol. The average molecular weight is 319 g/mol. The molecule has 0 fully saturated rings. The zero-order valence-corrected chi connectivity index (χ0v) is 12.3. The van der Waals surface area contributed by atoms with E-state index in [0.717, 1.165) is 4.47 Å². The molecule has 0 unspecified atom stereocenters. The Morgan fingerprint density at radius 2 is 2.18 bits per heavy atom. The van der Waals surface area contributed by atoms with Crippen LogP contribution in [0.2, 0.25) is 0 Å². The van der Waals surface area contributed by atoms with E-state index in [0.29, 0.717) is 23.6 Å². The molecular formula is C12H16BrFN2S. The van der Waals surface area contributed by atoms with E-state index in [9.17, 15) is 4.39 Å². The molecule has 0 amide bonds. The largest absolute Gasteiger partial charge is 0.392 e. The van der Waals surface area contributed by atoms with Crippen LogP contribution in [0.15, 0.2) is 22.7 Å². The first kappa shape index (κ1) is 14.5. The molecule has 0 radical (unpaired) electrons. The second-order valence-electron chi connectivity index (χ2n) is 4.20. The van der Waals surface area contributed by atoms with Gasteiger partial charge in [-0.3, -0.25) is 4.90 Å². The fraction of sp³-hybridized carbons (Fsp3) is 0.417. The molecule has 0 saturated heterocycles. The first-order chi connectivity index (χ1) is 7.90. The molecule has 0 bridgehead atoms. The normalized spacial score (nSPS) is 11.2. The van der Waals surface area contributed by atoms with Gasteiger partial charge in [0.2, 0.25) is 0 Å². The summed E-state index contributed by atoms with van der Waals surface area (Å²) in [5.41, 5.74) is 6.19. The van der Waals surface area contributed by atoms with Gasteiger partial charge in [-0.2, -0.15) is 0 Å². The van der Waals surface area contributed by atoms with E-state index in [1.807, 2.05) is 24.8 Å². The summed E-state index contributed by atoms with van der Waals surface area (Å²) in [6.45, 7) is 5.08. The number of halogens is 2. The topological polar surface area (TPSA) is 29.3 Å². The predicted octanol–water partition coefficient (Wildman–Crippen LogP) is 3.08. The smallest absolute Gasteiger partial charge is 0.128 e. The molecule has 0 heterocycles. The SMILES string of the molecule is CC(C)N(CC(N)=S)Cc1ccc(Br)cc1F. The van der Waals surface area contributed by atoms with Gasteiger partial charge in [-0.05, 0) is 26.0 Å². The summed E-state index contributed by atoms with van der Waals surface area (Å²) in [5.74, 6) is -0.215.